The Morgan fingerprint density at radius 2 is 1.57 bits per heavy atom. The topological polar surface area (TPSA) is 110 Å². The SMILES string of the molecule is C[C@@H](O)[C@H]1C(=O)N2C=C(OP(=O)(c3ccccc3)c3ccccc3)[C@](C)(Cc3ccc([N+](=O)[O-])cc3)[C@H]12. The molecule has 0 aliphatic carbocycles. The van der Waals surface area contributed by atoms with Crippen molar-refractivity contribution < 1.29 is 23.9 Å². The van der Waals surface area contributed by atoms with Crippen molar-refractivity contribution in [2.45, 2.75) is 32.4 Å². The van der Waals surface area contributed by atoms with E-state index in [1.807, 2.05) is 19.1 Å². The van der Waals surface area contributed by atoms with E-state index in [2.05, 4.69) is 0 Å². The van der Waals surface area contributed by atoms with Crippen LogP contribution >= 0.6 is 7.37 Å². The van der Waals surface area contributed by atoms with Crippen molar-refractivity contribution in [2.24, 2.45) is 11.3 Å². The van der Waals surface area contributed by atoms with Gasteiger partial charge in [-0.2, -0.15) is 0 Å². The highest BCUT2D eigenvalue weighted by Gasteiger charge is 2.63. The van der Waals surface area contributed by atoms with Crippen LogP contribution in [-0.4, -0.2) is 33.0 Å². The van der Waals surface area contributed by atoms with Gasteiger partial charge in [-0.3, -0.25) is 19.5 Å². The zero-order valence-electron chi connectivity index (χ0n) is 20.4. The number of nitro groups is 1. The van der Waals surface area contributed by atoms with Crippen LogP contribution < -0.4 is 10.6 Å². The Morgan fingerprint density at radius 3 is 2.05 bits per heavy atom. The molecule has 2 aliphatic rings. The van der Waals surface area contributed by atoms with Gasteiger partial charge in [0, 0.05) is 18.3 Å². The summed E-state index contributed by atoms with van der Waals surface area (Å²) < 4.78 is 21.2. The van der Waals surface area contributed by atoms with Crippen LogP contribution in [0.1, 0.15) is 19.4 Å². The molecule has 0 saturated carbocycles. The highest BCUT2D eigenvalue weighted by atomic mass is 31.2. The minimum Gasteiger partial charge on any atom is -0.439 e. The molecule has 8 nitrogen and oxygen atoms in total. The van der Waals surface area contributed by atoms with Crippen molar-refractivity contribution >= 4 is 29.6 Å². The maximum Gasteiger partial charge on any atom is 0.306 e. The van der Waals surface area contributed by atoms with E-state index < -0.39 is 35.8 Å². The van der Waals surface area contributed by atoms with Crippen molar-refractivity contribution in [2.75, 3.05) is 0 Å². The molecule has 0 unspecified atom stereocenters. The van der Waals surface area contributed by atoms with Crippen molar-refractivity contribution in [3.8, 4) is 0 Å². The lowest BCUT2D eigenvalue weighted by Crippen LogP contribution is -2.65. The van der Waals surface area contributed by atoms with Crippen LogP contribution in [0.25, 0.3) is 0 Å². The van der Waals surface area contributed by atoms with E-state index in [4.69, 9.17) is 4.52 Å². The highest BCUT2D eigenvalue weighted by Crippen LogP contribution is 2.58. The molecule has 2 aliphatic heterocycles. The standard InChI is InChI=1S/C28H27N2O6P/c1-19(31)25-26-28(2,17-20-13-15-21(16-14-20)30(33)34)24(18-29(26)27(25)32)36-37(35,22-9-5-3-6-10-22)23-11-7-4-8-12-23/h3-16,18-19,25-26,31H,17H2,1-2H3/t19-,25-,26+,28+/m1/s1. The number of non-ortho nitro benzene ring substituents is 1. The quantitative estimate of drug-likeness (QED) is 0.208. The van der Waals surface area contributed by atoms with E-state index in [-0.39, 0.29) is 11.6 Å². The smallest absolute Gasteiger partial charge is 0.306 e. The highest BCUT2D eigenvalue weighted by molar-refractivity contribution is 7.74. The van der Waals surface area contributed by atoms with Crippen molar-refractivity contribution in [1.82, 2.24) is 4.90 Å². The number of carbonyl (C=O) groups excluding carboxylic acids is 1. The molecule has 5 rings (SSSR count). The molecule has 0 radical (unpaired) electrons. The molecule has 0 bridgehead atoms. The molecule has 9 heteroatoms. The second-order valence-electron chi connectivity index (χ2n) is 9.78. The van der Waals surface area contributed by atoms with Gasteiger partial charge < -0.3 is 14.5 Å². The van der Waals surface area contributed by atoms with E-state index in [0.29, 0.717) is 22.8 Å². The van der Waals surface area contributed by atoms with Gasteiger partial charge in [-0.05, 0) is 43.2 Å². The average molecular weight is 519 g/mol. The van der Waals surface area contributed by atoms with Crippen molar-refractivity contribution in [3.05, 3.63) is 113 Å². The molecule has 1 N–H and O–H groups in total. The van der Waals surface area contributed by atoms with Crippen LogP contribution in [0.2, 0.25) is 0 Å². The molecule has 1 amide bonds. The molecule has 0 aromatic heterocycles. The van der Waals surface area contributed by atoms with Gasteiger partial charge in [0.05, 0.1) is 39.0 Å². The first-order valence-electron chi connectivity index (χ1n) is 12.0. The molecule has 2 heterocycles. The van der Waals surface area contributed by atoms with E-state index in [9.17, 15) is 24.6 Å². The van der Waals surface area contributed by atoms with Gasteiger partial charge in [0.2, 0.25) is 5.91 Å². The number of carbonyl (C=O) groups is 1. The Kier molecular flexibility index (Phi) is 6.26. The minimum atomic E-state index is -3.63. The summed E-state index contributed by atoms with van der Waals surface area (Å²) in [7, 11) is -3.63. The summed E-state index contributed by atoms with van der Waals surface area (Å²) in [5.41, 5.74) is -0.0695. The fraction of sp³-hybridized carbons (Fsp3) is 0.250. The van der Waals surface area contributed by atoms with Gasteiger partial charge in [-0.1, -0.05) is 55.5 Å². The fourth-order valence-corrected chi connectivity index (χ4v) is 7.56. The first-order valence-corrected chi connectivity index (χ1v) is 13.6. The second-order valence-corrected chi connectivity index (χ2v) is 12.1. The summed E-state index contributed by atoms with van der Waals surface area (Å²) in [5, 5.41) is 22.6. The lowest BCUT2D eigenvalue weighted by molar-refractivity contribution is -0.384. The third-order valence-corrected chi connectivity index (χ3v) is 9.72. The first kappa shape index (κ1) is 24.9. The molecule has 1 saturated heterocycles. The Balaban J connectivity index is 1.58. The second kappa shape index (κ2) is 9.29. The normalized spacial score (nSPS) is 23.6. The number of benzene rings is 3. The molecule has 190 valence electrons. The zero-order chi connectivity index (χ0) is 26.4. The fourth-order valence-electron chi connectivity index (χ4n) is 5.39. The van der Waals surface area contributed by atoms with Gasteiger partial charge in [-0.15, -0.1) is 0 Å². The van der Waals surface area contributed by atoms with E-state index in [1.165, 1.54) is 12.1 Å². The molecule has 4 atom stereocenters. The number of hydrogen-bond acceptors (Lipinski definition) is 6. The van der Waals surface area contributed by atoms with Gasteiger partial charge in [0.25, 0.3) is 5.69 Å². The third kappa shape index (κ3) is 4.16. The summed E-state index contributed by atoms with van der Waals surface area (Å²) in [6.45, 7) is 3.51. The molecular weight excluding hydrogens is 491 g/mol. The Hall–Kier alpha value is -3.74. The van der Waals surface area contributed by atoms with Gasteiger partial charge in [-0.25, -0.2) is 0 Å². The predicted octanol–water partition coefficient (Wildman–Crippen LogP) is 4.15. The maximum atomic E-state index is 14.7. The average Bonchev–Trinajstić information content (AvgIpc) is 3.12. The van der Waals surface area contributed by atoms with E-state index in [0.717, 1.165) is 5.56 Å². The Bertz CT molecular complexity index is 1360. The Morgan fingerprint density at radius 1 is 1.03 bits per heavy atom. The molecule has 0 spiro atoms. The molecule has 37 heavy (non-hydrogen) atoms. The number of β-lactam (4-membered cyclic amide) rings is 1. The van der Waals surface area contributed by atoms with Crippen molar-refractivity contribution in [3.63, 3.8) is 0 Å². The lowest BCUT2D eigenvalue weighted by Gasteiger charge is -2.50. The van der Waals surface area contributed by atoms with E-state index in [1.54, 1.807) is 78.7 Å². The number of nitrogens with zero attached hydrogens (tertiary/aromatic N) is 2. The number of amides is 1. The first-order chi connectivity index (χ1) is 17.6. The minimum absolute atomic E-state index is 0.0210. The van der Waals surface area contributed by atoms with Crippen LogP contribution in [0.3, 0.4) is 0 Å². The summed E-state index contributed by atoms with van der Waals surface area (Å²) in [5.74, 6) is -0.487. The number of aliphatic hydroxyl groups excluding tert-OH is 1. The number of aliphatic hydroxyl groups is 1. The van der Waals surface area contributed by atoms with Gasteiger partial charge in [0.1, 0.15) is 5.76 Å². The van der Waals surface area contributed by atoms with Gasteiger partial charge >= 0.3 is 7.37 Å². The number of nitro benzene ring substituents is 1. The predicted molar refractivity (Wildman–Crippen MR) is 140 cm³/mol. The lowest BCUT2D eigenvalue weighted by atomic mass is 9.67. The third-order valence-electron chi connectivity index (χ3n) is 7.31. The molecular formula is C28H27N2O6P. The van der Waals surface area contributed by atoms with Gasteiger partial charge in [0.15, 0.2) is 0 Å². The largest absolute Gasteiger partial charge is 0.439 e. The summed E-state index contributed by atoms with van der Waals surface area (Å²) in [6, 6.07) is 23.7. The summed E-state index contributed by atoms with van der Waals surface area (Å²) in [6.07, 6.45) is 1.08. The summed E-state index contributed by atoms with van der Waals surface area (Å²) in [4.78, 5) is 25.1. The maximum absolute atomic E-state index is 14.7. The van der Waals surface area contributed by atoms with Crippen LogP contribution in [0.15, 0.2) is 96.9 Å². The van der Waals surface area contributed by atoms with Crippen molar-refractivity contribution in [1.29, 1.82) is 0 Å². The number of fused-ring (bicyclic) bond motifs is 1. The molecule has 3 aromatic rings. The Labute approximate surface area is 214 Å². The monoisotopic (exact) mass is 518 g/mol. The summed E-state index contributed by atoms with van der Waals surface area (Å²) >= 11 is 0. The van der Waals surface area contributed by atoms with E-state index >= 15 is 0 Å². The zero-order valence-corrected chi connectivity index (χ0v) is 21.3. The molecule has 1 fully saturated rings. The molecule has 3 aromatic carbocycles. The number of rotatable bonds is 8. The van der Waals surface area contributed by atoms with Crippen LogP contribution in [0.4, 0.5) is 5.69 Å². The number of hydrogen-bond donors (Lipinski definition) is 1. The van der Waals surface area contributed by atoms with Crippen LogP contribution in [0.5, 0.6) is 0 Å². The van der Waals surface area contributed by atoms with Crippen LogP contribution in [0, 0.1) is 21.4 Å². The van der Waals surface area contributed by atoms with Crippen LogP contribution in [-0.2, 0) is 20.3 Å².